The van der Waals surface area contributed by atoms with Gasteiger partial charge in [0.1, 0.15) is 12.2 Å². The van der Waals surface area contributed by atoms with Crippen LogP contribution in [-0.2, 0) is 20.9 Å². The summed E-state index contributed by atoms with van der Waals surface area (Å²) >= 11 is 0. The maximum Gasteiger partial charge on any atom is 0.407 e. The van der Waals surface area contributed by atoms with Gasteiger partial charge < -0.3 is 19.9 Å². The van der Waals surface area contributed by atoms with E-state index >= 15 is 0 Å². The minimum absolute atomic E-state index is 0.228. The molecule has 0 bridgehead atoms. The van der Waals surface area contributed by atoms with E-state index in [9.17, 15) is 14.7 Å². The molecular formula is C19H27NO5. The van der Waals surface area contributed by atoms with Gasteiger partial charge in [0.05, 0.1) is 18.1 Å². The molecule has 2 rings (SSSR count). The van der Waals surface area contributed by atoms with Gasteiger partial charge in [0.25, 0.3) is 0 Å². The largest absolute Gasteiger partial charge is 0.461 e. The summed E-state index contributed by atoms with van der Waals surface area (Å²) in [5.41, 5.74) is 0.338. The zero-order valence-corrected chi connectivity index (χ0v) is 15.0. The maximum atomic E-state index is 12.2. The van der Waals surface area contributed by atoms with E-state index in [0.717, 1.165) is 5.56 Å². The SMILES string of the molecule is CC(C)(C)OC(=O)N[C@H]1CC[C@@H](C(=O)OCc2ccccc2)C[C@@H]1O. The molecular weight excluding hydrogens is 322 g/mol. The molecule has 0 aromatic heterocycles. The third kappa shape index (κ3) is 6.38. The number of carbonyl (C=O) groups excluding carboxylic acids is 2. The van der Waals surface area contributed by atoms with Crippen LogP contribution < -0.4 is 5.32 Å². The number of rotatable bonds is 4. The molecule has 138 valence electrons. The number of aliphatic hydroxyl groups is 1. The van der Waals surface area contributed by atoms with Crippen LogP contribution in [0.1, 0.15) is 45.6 Å². The number of alkyl carbamates (subject to hydrolysis) is 1. The maximum absolute atomic E-state index is 12.2. The zero-order chi connectivity index (χ0) is 18.4. The van der Waals surface area contributed by atoms with Crippen molar-refractivity contribution in [3.63, 3.8) is 0 Å². The summed E-state index contributed by atoms with van der Waals surface area (Å²) in [6.45, 7) is 5.57. The van der Waals surface area contributed by atoms with Gasteiger partial charge in [0.15, 0.2) is 0 Å². The smallest absolute Gasteiger partial charge is 0.407 e. The number of carbonyl (C=O) groups is 2. The van der Waals surface area contributed by atoms with Crippen LogP contribution >= 0.6 is 0 Å². The van der Waals surface area contributed by atoms with Crippen LogP contribution in [0.5, 0.6) is 0 Å². The Hall–Kier alpha value is -2.08. The second-order valence-electron chi connectivity index (χ2n) is 7.42. The molecule has 1 aliphatic rings. The Balaban J connectivity index is 1.78. The number of nitrogens with one attached hydrogen (secondary N) is 1. The molecule has 2 N–H and O–H groups in total. The molecule has 1 aliphatic carbocycles. The van der Waals surface area contributed by atoms with Crippen molar-refractivity contribution in [3.8, 4) is 0 Å². The highest BCUT2D eigenvalue weighted by Crippen LogP contribution is 2.26. The van der Waals surface area contributed by atoms with Crippen LogP contribution in [0.15, 0.2) is 30.3 Å². The van der Waals surface area contributed by atoms with Gasteiger partial charge in [-0.05, 0) is 45.6 Å². The van der Waals surface area contributed by atoms with E-state index < -0.39 is 23.8 Å². The van der Waals surface area contributed by atoms with Crippen molar-refractivity contribution in [2.45, 2.75) is 64.4 Å². The summed E-state index contributed by atoms with van der Waals surface area (Å²) < 4.78 is 10.5. The van der Waals surface area contributed by atoms with Gasteiger partial charge in [-0.2, -0.15) is 0 Å². The lowest BCUT2D eigenvalue weighted by Gasteiger charge is -2.33. The summed E-state index contributed by atoms with van der Waals surface area (Å²) in [7, 11) is 0. The predicted molar refractivity (Wildman–Crippen MR) is 92.7 cm³/mol. The summed E-state index contributed by atoms with van der Waals surface area (Å²) in [5.74, 6) is -0.658. The molecule has 0 radical (unpaired) electrons. The Labute approximate surface area is 148 Å². The lowest BCUT2D eigenvalue weighted by Crippen LogP contribution is -2.49. The van der Waals surface area contributed by atoms with Gasteiger partial charge in [-0.25, -0.2) is 4.79 Å². The summed E-state index contributed by atoms with van der Waals surface area (Å²) in [4.78, 5) is 24.0. The predicted octanol–water partition coefficient (Wildman–Crippen LogP) is 2.78. The van der Waals surface area contributed by atoms with Crippen molar-refractivity contribution in [1.29, 1.82) is 0 Å². The molecule has 1 aromatic rings. The molecule has 0 aliphatic heterocycles. The molecule has 0 unspecified atom stereocenters. The fourth-order valence-electron chi connectivity index (χ4n) is 2.83. The summed E-state index contributed by atoms with van der Waals surface area (Å²) in [5, 5.41) is 12.9. The Morgan fingerprint density at radius 2 is 1.88 bits per heavy atom. The monoisotopic (exact) mass is 349 g/mol. The van der Waals surface area contributed by atoms with E-state index in [2.05, 4.69) is 5.32 Å². The second-order valence-corrected chi connectivity index (χ2v) is 7.42. The molecule has 25 heavy (non-hydrogen) atoms. The van der Waals surface area contributed by atoms with Crippen molar-refractivity contribution in [2.75, 3.05) is 0 Å². The molecule has 0 heterocycles. The fourth-order valence-corrected chi connectivity index (χ4v) is 2.83. The summed E-state index contributed by atoms with van der Waals surface area (Å²) in [6, 6.07) is 9.06. The third-order valence-electron chi connectivity index (χ3n) is 4.08. The fraction of sp³-hybridized carbons (Fsp3) is 0.579. The van der Waals surface area contributed by atoms with Crippen molar-refractivity contribution in [3.05, 3.63) is 35.9 Å². The molecule has 0 saturated heterocycles. The topological polar surface area (TPSA) is 84.9 Å². The number of benzene rings is 1. The van der Waals surface area contributed by atoms with Gasteiger partial charge in [0, 0.05) is 0 Å². The van der Waals surface area contributed by atoms with Crippen LogP contribution in [0.3, 0.4) is 0 Å². The van der Waals surface area contributed by atoms with Crippen molar-refractivity contribution < 1.29 is 24.2 Å². The number of ether oxygens (including phenoxy) is 2. The molecule has 1 fully saturated rings. The zero-order valence-electron chi connectivity index (χ0n) is 15.0. The van der Waals surface area contributed by atoms with Crippen LogP contribution in [0.2, 0.25) is 0 Å². The molecule has 1 aromatic carbocycles. The van der Waals surface area contributed by atoms with Crippen LogP contribution in [0.4, 0.5) is 4.79 Å². The highest BCUT2D eigenvalue weighted by molar-refractivity contribution is 5.73. The van der Waals surface area contributed by atoms with E-state index in [1.54, 1.807) is 20.8 Å². The summed E-state index contributed by atoms with van der Waals surface area (Å²) in [6.07, 6.45) is -0.0118. The highest BCUT2D eigenvalue weighted by Gasteiger charge is 2.35. The number of amides is 1. The van der Waals surface area contributed by atoms with Crippen molar-refractivity contribution >= 4 is 12.1 Å². The first-order chi connectivity index (χ1) is 11.7. The third-order valence-corrected chi connectivity index (χ3v) is 4.08. The first-order valence-corrected chi connectivity index (χ1v) is 8.63. The van der Waals surface area contributed by atoms with Crippen molar-refractivity contribution in [1.82, 2.24) is 5.32 Å². The molecule has 1 saturated carbocycles. The van der Waals surface area contributed by atoms with Crippen molar-refractivity contribution in [2.24, 2.45) is 5.92 Å². The lowest BCUT2D eigenvalue weighted by molar-refractivity contribution is -0.152. The quantitative estimate of drug-likeness (QED) is 0.817. The van der Waals surface area contributed by atoms with Gasteiger partial charge in [-0.3, -0.25) is 4.79 Å². The van der Waals surface area contributed by atoms with E-state index in [4.69, 9.17) is 9.47 Å². The minimum Gasteiger partial charge on any atom is -0.461 e. The van der Waals surface area contributed by atoms with E-state index in [1.165, 1.54) is 0 Å². The highest BCUT2D eigenvalue weighted by atomic mass is 16.6. The minimum atomic E-state index is -0.796. The molecule has 6 heteroatoms. The standard InChI is InChI=1S/C19H27NO5/c1-19(2,3)25-18(23)20-15-10-9-14(11-16(15)21)17(22)24-12-13-7-5-4-6-8-13/h4-8,14-16,21H,9-12H2,1-3H3,(H,20,23)/t14-,15+,16+/m1/s1. The first-order valence-electron chi connectivity index (χ1n) is 8.63. The van der Waals surface area contributed by atoms with Gasteiger partial charge in [0.2, 0.25) is 0 Å². The van der Waals surface area contributed by atoms with Crippen LogP contribution in [0.25, 0.3) is 0 Å². The Morgan fingerprint density at radius 1 is 1.20 bits per heavy atom. The van der Waals surface area contributed by atoms with Gasteiger partial charge in [-0.1, -0.05) is 30.3 Å². The molecule has 0 spiro atoms. The molecule has 1 amide bonds. The number of hydrogen-bond donors (Lipinski definition) is 2. The number of esters is 1. The Kier molecular flexibility index (Phi) is 6.42. The molecule has 6 nitrogen and oxygen atoms in total. The number of aliphatic hydroxyl groups excluding tert-OH is 1. The van der Waals surface area contributed by atoms with Crippen LogP contribution in [-0.4, -0.2) is 34.9 Å². The average Bonchev–Trinajstić information content (AvgIpc) is 2.53. The average molecular weight is 349 g/mol. The second kappa shape index (κ2) is 8.34. The van der Waals surface area contributed by atoms with E-state index in [0.29, 0.717) is 12.8 Å². The Bertz CT molecular complexity index is 581. The Morgan fingerprint density at radius 3 is 2.48 bits per heavy atom. The normalized spacial score (nSPS) is 23.6. The van der Waals surface area contributed by atoms with Gasteiger partial charge in [-0.15, -0.1) is 0 Å². The van der Waals surface area contributed by atoms with E-state index in [1.807, 2.05) is 30.3 Å². The van der Waals surface area contributed by atoms with E-state index in [-0.39, 0.29) is 24.9 Å². The molecule has 3 atom stereocenters. The first kappa shape index (κ1) is 19.2. The lowest BCUT2D eigenvalue weighted by atomic mass is 9.84. The number of hydrogen-bond acceptors (Lipinski definition) is 5. The van der Waals surface area contributed by atoms with Crippen LogP contribution in [0, 0.1) is 5.92 Å². The van der Waals surface area contributed by atoms with Gasteiger partial charge >= 0.3 is 12.1 Å².